The van der Waals surface area contributed by atoms with Crippen LogP contribution in [0.1, 0.15) is 19.4 Å². The molecule has 8 heteroatoms. The van der Waals surface area contributed by atoms with Gasteiger partial charge in [-0.3, -0.25) is 9.69 Å². The number of rotatable bonds is 8. The lowest BCUT2D eigenvalue weighted by Crippen LogP contribution is -2.50. The number of nitrogens with one attached hydrogen (secondary N) is 1. The first kappa shape index (κ1) is 23.2. The Morgan fingerprint density at radius 3 is 2.06 bits per heavy atom. The fraction of sp³-hybridized carbons (Fsp3) is 0.435. The zero-order valence-electron chi connectivity index (χ0n) is 18.5. The molecule has 1 heterocycles. The highest BCUT2D eigenvalue weighted by atomic mass is 32.2. The van der Waals surface area contributed by atoms with E-state index >= 15 is 0 Å². The van der Waals surface area contributed by atoms with Crippen molar-refractivity contribution in [2.45, 2.75) is 25.7 Å². The number of hydrogen-bond acceptors (Lipinski definition) is 5. The Morgan fingerprint density at radius 2 is 1.52 bits per heavy atom. The molecule has 1 amide bonds. The van der Waals surface area contributed by atoms with Crippen molar-refractivity contribution in [3.8, 4) is 0 Å². The van der Waals surface area contributed by atoms with E-state index in [2.05, 4.69) is 24.1 Å². The molecule has 7 nitrogen and oxygen atoms in total. The van der Waals surface area contributed by atoms with E-state index in [9.17, 15) is 13.2 Å². The third-order valence-corrected chi connectivity index (χ3v) is 7.55. The van der Waals surface area contributed by atoms with Gasteiger partial charge in [0.2, 0.25) is 15.9 Å². The Balaban J connectivity index is 1.50. The molecule has 31 heavy (non-hydrogen) atoms. The summed E-state index contributed by atoms with van der Waals surface area (Å²) in [4.78, 5) is 17.0. The van der Waals surface area contributed by atoms with Gasteiger partial charge < -0.3 is 10.2 Å². The second kappa shape index (κ2) is 10.3. The lowest BCUT2D eigenvalue weighted by Gasteiger charge is -2.33. The van der Waals surface area contributed by atoms with E-state index in [1.54, 1.807) is 12.1 Å². The highest BCUT2D eigenvalue weighted by molar-refractivity contribution is 7.89. The second-order valence-corrected chi connectivity index (χ2v) is 9.70. The van der Waals surface area contributed by atoms with Gasteiger partial charge in [0.15, 0.2) is 0 Å². The van der Waals surface area contributed by atoms with E-state index in [-0.39, 0.29) is 12.5 Å². The van der Waals surface area contributed by atoms with Crippen LogP contribution in [-0.4, -0.2) is 69.3 Å². The SMILES string of the molecule is CCN(CC)c1ccc(NC(=O)CN2CCN(S(=O)(=O)c3ccc(C)cc3)CC2)cc1. The predicted molar refractivity (Wildman–Crippen MR) is 125 cm³/mol. The number of carbonyl (C=O) groups is 1. The van der Waals surface area contributed by atoms with Gasteiger partial charge in [0.1, 0.15) is 0 Å². The maximum absolute atomic E-state index is 12.8. The number of aryl methyl sites for hydroxylation is 1. The van der Waals surface area contributed by atoms with Crippen LogP contribution in [-0.2, 0) is 14.8 Å². The summed E-state index contributed by atoms with van der Waals surface area (Å²) in [5.41, 5.74) is 2.92. The maximum atomic E-state index is 12.8. The van der Waals surface area contributed by atoms with Crippen molar-refractivity contribution in [3.63, 3.8) is 0 Å². The number of sulfonamides is 1. The van der Waals surface area contributed by atoms with Crippen molar-refractivity contribution in [1.29, 1.82) is 0 Å². The van der Waals surface area contributed by atoms with E-state index < -0.39 is 10.0 Å². The van der Waals surface area contributed by atoms with E-state index in [4.69, 9.17) is 0 Å². The molecule has 1 N–H and O–H groups in total. The van der Waals surface area contributed by atoms with Crippen LogP contribution in [0.4, 0.5) is 11.4 Å². The Kier molecular flexibility index (Phi) is 7.69. The van der Waals surface area contributed by atoms with Crippen LogP contribution in [0.5, 0.6) is 0 Å². The first-order valence-corrected chi connectivity index (χ1v) is 12.2. The average Bonchev–Trinajstić information content (AvgIpc) is 2.76. The lowest BCUT2D eigenvalue weighted by molar-refractivity contribution is -0.117. The first-order chi connectivity index (χ1) is 14.8. The third kappa shape index (κ3) is 5.84. The van der Waals surface area contributed by atoms with Crippen molar-refractivity contribution in [1.82, 2.24) is 9.21 Å². The molecule has 2 aromatic rings. The Labute approximate surface area is 185 Å². The summed E-state index contributed by atoms with van der Waals surface area (Å²) in [7, 11) is -3.49. The first-order valence-electron chi connectivity index (χ1n) is 10.8. The topological polar surface area (TPSA) is 73.0 Å². The lowest BCUT2D eigenvalue weighted by atomic mass is 10.2. The number of nitrogens with zero attached hydrogens (tertiary/aromatic N) is 3. The predicted octanol–water partition coefficient (Wildman–Crippen LogP) is 2.79. The van der Waals surface area contributed by atoms with Crippen LogP contribution in [0.3, 0.4) is 0 Å². The highest BCUT2D eigenvalue weighted by Gasteiger charge is 2.29. The Morgan fingerprint density at radius 1 is 0.935 bits per heavy atom. The molecule has 1 aliphatic rings. The third-order valence-electron chi connectivity index (χ3n) is 5.64. The number of hydrogen-bond donors (Lipinski definition) is 1. The van der Waals surface area contributed by atoms with Crippen LogP contribution < -0.4 is 10.2 Å². The second-order valence-electron chi connectivity index (χ2n) is 7.76. The van der Waals surface area contributed by atoms with Gasteiger partial charge in [0, 0.05) is 50.6 Å². The molecule has 0 atom stereocenters. The van der Waals surface area contributed by atoms with E-state index in [0.29, 0.717) is 31.1 Å². The number of anilines is 2. The van der Waals surface area contributed by atoms with Crippen LogP contribution in [0, 0.1) is 6.92 Å². The summed E-state index contributed by atoms with van der Waals surface area (Å²) in [5, 5.41) is 2.93. The van der Waals surface area contributed by atoms with Crippen LogP contribution in [0.2, 0.25) is 0 Å². The van der Waals surface area contributed by atoms with Gasteiger partial charge in [-0.05, 0) is 57.2 Å². The Bertz CT molecular complexity index is 963. The molecule has 168 valence electrons. The summed E-state index contributed by atoms with van der Waals surface area (Å²) in [6.07, 6.45) is 0. The van der Waals surface area contributed by atoms with Gasteiger partial charge in [-0.25, -0.2) is 8.42 Å². The van der Waals surface area contributed by atoms with Gasteiger partial charge in [-0.2, -0.15) is 4.31 Å². The van der Waals surface area contributed by atoms with Crippen LogP contribution in [0.15, 0.2) is 53.4 Å². The van der Waals surface area contributed by atoms with Gasteiger partial charge in [0.05, 0.1) is 11.4 Å². The van der Waals surface area contributed by atoms with Gasteiger partial charge in [0.25, 0.3) is 0 Å². The molecule has 2 aromatic carbocycles. The molecule has 0 aliphatic carbocycles. The molecule has 1 saturated heterocycles. The van der Waals surface area contributed by atoms with Gasteiger partial charge in [-0.1, -0.05) is 17.7 Å². The minimum absolute atomic E-state index is 0.0922. The standard InChI is InChI=1S/C23H32N4O3S/c1-4-26(5-2)21-10-8-20(9-11-21)24-23(28)18-25-14-16-27(17-15-25)31(29,30)22-12-6-19(3)7-13-22/h6-13H,4-5,14-18H2,1-3H3,(H,24,28). The molecule has 0 unspecified atom stereocenters. The molecular formula is C23H32N4O3S. The molecule has 0 bridgehead atoms. The van der Waals surface area contributed by atoms with Crippen LogP contribution in [0.25, 0.3) is 0 Å². The largest absolute Gasteiger partial charge is 0.372 e. The monoisotopic (exact) mass is 444 g/mol. The summed E-state index contributed by atoms with van der Waals surface area (Å²) in [5.74, 6) is -0.0922. The molecule has 1 fully saturated rings. The van der Waals surface area contributed by atoms with Crippen molar-refractivity contribution in [3.05, 3.63) is 54.1 Å². The normalized spacial score (nSPS) is 15.6. The van der Waals surface area contributed by atoms with Crippen molar-refractivity contribution in [2.24, 2.45) is 0 Å². The van der Waals surface area contributed by atoms with Crippen molar-refractivity contribution in [2.75, 3.05) is 56.0 Å². The minimum Gasteiger partial charge on any atom is -0.372 e. The average molecular weight is 445 g/mol. The van der Waals surface area contributed by atoms with Crippen molar-refractivity contribution < 1.29 is 13.2 Å². The summed E-state index contributed by atoms with van der Waals surface area (Å²) in [6, 6.07) is 14.8. The quantitative estimate of drug-likeness (QED) is 0.678. The van der Waals surface area contributed by atoms with E-state index in [1.165, 1.54) is 4.31 Å². The van der Waals surface area contributed by atoms with Gasteiger partial charge >= 0.3 is 0 Å². The molecule has 0 aromatic heterocycles. The molecule has 0 saturated carbocycles. The molecule has 0 radical (unpaired) electrons. The minimum atomic E-state index is -3.49. The molecular weight excluding hydrogens is 412 g/mol. The number of amides is 1. The maximum Gasteiger partial charge on any atom is 0.243 e. The molecule has 0 spiro atoms. The zero-order valence-corrected chi connectivity index (χ0v) is 19.4. The molecule has 1 aliphatic heterocycles. The van der Waals surface area contributed by atoms with Crippen molar-refractivity contribution >= 4 is 27.3 Å². The summed E-state index contributed by atoms with van der Waals surface area (Å²) < 4.78 is 27.1. The summed E-state index contributed by atoms with van der Waals surface area (Å²) in [6.45, 7) is 10.1. The summed E-state index contributed by atoms with van der Waals surface area (Å²) >= 11 is 0. The molecule has 3 rings (SSSR count). The fourth-order valence-electron chi connectivity index (χ4n) is 3.74. The fourth-order valence-corrected chi connectivity index (χ4v) is 5.16. The Hall–Kier alpha value is -2.42. The number of benzene rings is 2. The van der Waals surface area contributed by atoms with E-state index in [1.807, 2.05) is 48.2 Å². The van der Waals surface area contributed by atoms with Crippen LogP contribution >= 0.6 is 0 Å². The highest BCUT2D eigenvalue weighted by Crippen LogP contribution is 2.19. The number of carbonyl (C=O) groups excluding carboxylic acids is 1. The zero-order chi connectivity index (χ0) is 22.4. The number of piperazine rings is 1. The smallest absolute Gasteiger partial charge is 0.243 e. The van der Waals surface area contributed by atoms with E-state index in [0.717, 1.165) is 30.0 Å². The van der Waals surface area contributed by atoms with Gasteiger partial charge in [-0.15, -0.1) is 0 Å².